The SMILES string of the molecule is Cc1c(OCCC2CCC2)ccc(OCCC2CCCC2)c1OC(F)(F)F. The molecule has 2 aliphatic carbocycles. The molecule has 0 atom stereocenters. The molecule has 0 heterocycles. The van der Waals surface area contributed by atoms with Crippen LogP contribution in [0.5, 0.6) is 17.2 Å². The number of benzene rings is 1. The van der Waals surface area contributed by atoms with Crippen LogP contribution < -0.4 is 14.2 Å². The summed E-state index contributed by atoms with van der Waals surface area (Å²) in [6.45, 7) is 2.50. The Morgan fingerprint density at radius 3 is 1.89 bits per heavy atom. The van der Waals surface area contributed by atoms with E-state index in [0.29, 0.717) is 36.4 Å². The minimum absolute atomic E-state index is 0.133. The molecule has 0 radical (unpaired) electrons. The summed E-state index contributed by atoms with van der Waals surface area (Å²) < 4.78 is 54.4. The minimum Gasteiger partial charge on any atom is -0.493 e. The summed E-state index contributed by atoms with van der Waals surface area (Å²) in [5.74, 6) is 1.59. The third-order valence-electron chi connectivity index (χ3n) is 5.80. The van der Waals surface area contributed by atoms with Crippen molar-refractivity contribution < 1.29 is 27.4 Å². The van der Waals surface area contributed by atoms with E-state index < -0.39 is 6.36 Å². The average Bonchev–Trinajstić information content (AvgIpc) is 3.07. The molecule has 3 rings (SSSR count). The lowest BCUT2D eigenvalue weighted by atomic mass is 9.83. The zero-order valence-electron chi connectivity index (χ0n) is 15.9. The first-order valence-corrected chi connectivity index (χ1v) is 10.1. The lowest BCUT2D eigenvalue weighted by Crippen LogP contribution is -2.19. The normalized spacial score (nSPS) is 18.4. The van der Waals surface area contributed by atoms with Crippen molar-refractivity contribution in [2.75, 3.05) is 13.2 Å². The van der Waals surface area contributed by atoms with Crippen molar-refractivity contribution in [1.82, 2.24) is 0 Å². The second-order valence-electron chi connectivity index (χ2n) is 7.79. The van der Waals surface area contributed by atoms with E-state index in [1.54, 1.807) is 13.0 Å². The van der Waals surface area contributed by atoms with Crippen LogP contribution in [0, 0.1) is 18.8 Å². The fraction of sp³-hybridized carbons (Fsp3) is 0.714. The van der Waals surface area contributed by atoms with Gasteiger partial charge in [0, 0.05) is 5.56 Å². The lowest BCUT2D eigenvalue weighted by molar-refractivity contribution is -0.275. The van der Waals surface area contributed by atoms with Crippen LogP contribution in [-0.4, -0.2) is 19.6 Å². The molecule has 152 valence electrons. The second-order valence-corrected chi connectivity index (χ2v) is 7.79. The van der Waals surface area contributed by atoms with Gasteiger partial charge in [0.05, 0.1) is 13.2 Å². The molecule has 0 N–H and O–H groups in total. The summed E-state index contributed by atoms with van der Waals surface area (Å²) in [6, 6.07) is 3.21. The van der Waals surface area contributed by atoms with Crippen molar-refractivity contribution in [3.05, 3.63) is 17.7 Å². The van der Waals surface area contributed by atoms with E-state index in [2.05, 4.69) is 4.74 Å². The maximum Gasteiger partial charge on any atom is 0.573 e. The van der Waals surface area contributed by atoms with E-state index in [-0.39, 0.29) is 11.5 Å². The van der Waals surface area contributed by atoms with Crippen molar-refractivity contribution in [2.45, 2.75) is 71.1 Å². The number of hydrogen-bond donors (Lipinski definition) is 0. The van der Waals surface area contributed by atoms with E-state index in [0.717, 1.165) is 12.8 Å². The molecule has 2 fully saturated rings. The number of halogens is 3. The average molecular weight is 386 g/mol. The summed E-state index contributed by atoms with van der Waals surface area (Å²) in [4.78, 5) is 0. The van der Waals surface area contributed by atoms with E-state index >= 15 is 0 Å². The Hall–Kier alpha value is -1.59. The zero-order chi connectivity index (χ0) is 19.3. The topological polar surface area (TPSA) is 27.7 Å². The van der Waals surface area contributed by atoms with Gasteiger partial charge >= 0.3 is 6.36 Å². The molecule has 0 saturated heterocycles. The van der Waals surface area contributed by atoms with Gasteiger partial charge in [-0.2, -0.15) is 0 Å². The molecule has 0 spiro atoms. The Balaban J connectivity index is 1.63. The van der Waals surface area contributed by atoms with Crippen LogP contribution >= 0.6 is 0 Å². The summed E-state index contributed by atoms with van der Waals surface area (Å²) in [5, 5.41) is 0. The smallest absolute Gasteiger partial charge is 0.493 e. The van der Waals surface area contributed by atoms with Crippen LogP contribution in [0.25, 0.3) is 0 Å². The molecule has 0 unspecified atom stereocenters. The molecule has 1 aromatic carbocycles. The molecular weight excluding hydrogens is 357 g/mol. The third-order valence-corrected chi connectivity index (χ3v) is 5.80. The van der Waals surface area contributed by atoms with E-state index in [1.165, 1.54) is 51.0 Å². The Kier molecular flexibility index (Phi) is 6.77. The van der Waals surface area contributed by atoms with Gasteiger partial charge in [0.1, 0.15) is 5.75 Å². The first-order chi connectivity index (χ1) is 12.9. The first-order valence-electron chi connectivity index (χ1n) is 10.1. The standard InChI is InChI=1S/C21H29F3O3/c1-15-18(25-13-11-17-7-4-8-17)9-10-19(20(15)27-21(22,23)24)26-14-12-16-5-2-3-6-16/h9-10,16-17H,2-8,11-14H2,1H3. The summed E-state index contributed by atoms with van der Waals surface area (Å²) >= 11 is 0. The quantitative estimate of drug-likeness (QED) is 0.490. The Morgan fingerprint density at radius 1 is 0.852 bits per heavy atom. The molecule has 3 nitrogen and oxygen atoms in total. The van der Waals surface area contributed by atoms with Gasteiger partial charge in [0.15, 0.2) is 11.5 Å². The molecule has 0 amide bonds. The van der Waals surface area contributed by atoms with Gasteiger partial charge in [-0.05, 0) is 43.7 Å². The molecule has 0 aliphatic heterocycles. The predicted octanol–water partition coefficient (Wildman–Crippen LogP) is 6.42. The molecule has 2 saturated carbocycles. The van der Waals surface area contributed by atoms with Crippen LogP contribution in [0.2, 0.25) is 0 Å². The van der Waals surface area contributed by atoms with Crippen molar-refractivity contribution >= 4 is 0 Å². The molecule has 0 aromatic heterocycles. The van der Waals surface area contributed by atoms with Crippen LogP contribution in [0.3, 0.4) is 0 Å². The fourth-order valence-corrected chi connectivity index (χ4v) is 3.91. The van der Waals surface area contributed by atoms with Gasteiger partial charge in [0.25, 0.3) is 0 Å². The van der Waals surface area contributed by atoms with Gasteiger partial charge in [-0.3, -0.25) is 0 Å². The summed E-state index contributed by atoms with van der Waals surface area (Å²) in [6.07, 6.45) is 5.58. The Bertz CT molecular complexity index is 605. The molecule has 2 aliphatic rings. The number of ether oxygens (including phenoxy) is 3. The number of alkyl halides is 3. The monoisotopic (exact) mass is 386 g/mol. The van der Waals surface area contributed by atoms with Crippen molar-refractivity contribution in [3.8, 4) is 17.2 Å². The predicted molar refractivity (Wildman–Crippen MR) is 97.4 cm³/mol. The fourth-order valence-electron chi connectivity index (χ4n) is 3.91. The third kappa shape index (κ3) is 5.94. The highest BCUT2D eigenvalue weighted by Gasteiger charge is 2.34. The maximum atomic E-state index is 12.9. The molecular formula is C21H29F3O3. The molecule has 27 heavy (non-hydrogen) atoms. The number of rotatable bonds is 9. The van der Waals surface area contributed by atoms with Gasteiger partial charge < -0.3 is 14.2 Å². The highest BCUT2D eigenvalue weighted by Crippen LogP contribution is 2.41. The van der Waals surface area contributed by atoms with Crippen LogP contribution in [-0.2, 0) is 0 Å². The van der Waals surface area contributed by atoms with Crippen molar-refractivity contribution in [2.24, 2.45) is 11.8 Å². The van der Waals surface area contributed by atoms with E-state index in [9.17, 15) is 13.2 Å². The zero-order valence-corrected chi connectivity index (χ0v) is 15.9. The summed E-state index contributed by atoms with van der Waals surface area (Å²) in [5.41, 5.74) is 0.333. The highest BCUT2D eigenvalue weighted by atomic mass is 19.4. The largest absolute Gasteiger partial charge is 0.573 e. The molecule has 0 bridgehead atoms. The Labute approximate surface area is 159 Å². The van der Waals surface area contributed by atoms with Gasteiger partial charge in [-0.1, -0.05) is 44.9 Å². The first kappa shape index (κ1) is 20.2. The van der Waals surface area contributed by atoms with Crippen LogP contribution in [0.1, 0.15) is 63.4 Å². The minimum atomic E-state index is -4.77. The van der Waals surface area contributed by atoms with Gasteiger partial charge in [-0.25, -0.2) is 0 Å². The summed E-state index contributed by atoms with van der Waals surface area (Å²) in [7, 11) is 0. The van der Waals surface area contributed by atoms with Crippen molar-refractivity contribution in [3.63, 3.8) is 0 Å². The van der Waals surface area contributed by atoms with Crippen molar-refractivity contribution in [1.29, 1.82) is 0 Å². The number of hydrogen-bond acceptors (Lipinski definition) is 3. The molecule has 1 aromatic rings. The lowest BCUT2D eigenvalue weighted by Gasteiger charge is -2.25. The van der Waals surface area contributed by atoms with Crippen LogP contribution in [0.15, 0.2) is 12.1 Å². The van der Waals surface area contributed by atoms with Gasteiger partial charge in [0.2, 0.25) is 0 Å². The van der Waals surface area contributed by atoms with Crippen LogP contribution in [0.4, 0.5) is 13.2 Å². The Morgan fingerprint density at radius 2 is 1.37 bits per heavy atom. The van der Waals surface area contributed by atoms with Gasteiger partial charge in [-0.15, -0.1) is 13.2 Å². The highest BCUT2D eigenvalue weighted by molar-refractivity contribution is 5.53. The van der Waals surface area contributed by atoms with E-state index in [1.807, 2.05) is 0 Å². The second kappa shape index (κ2) is 9.07. The van der Waals surface area contributed by atoms with E-state index in [4.69, 9.17) is 9.47 Å². The maximum absolute atomic E-state index is 12.9. The molecule has 6 heteroatoms.